The number of anilines is 1. The van der Waals surface area contributed by atoms with E-state index in [0.717, 1.165) is 17.7 Å². The number of benzene rings is 2. The summed E-state index contributed by atoms with van der Waals surface area (Å²) in [6.45, 7) is 7.09. The van der Waals surface area contributed by atoms with Crippen LogP contribution < -0.4 is 4.90 Å². The van der Waals surface area contributed by atoms with Crippen LogP contribution in [-0.4, -0.2) is 73.9 Å². The van der Waals surface area contributed by atoms with Gasteiger partial charge < -0.3 is 19.8 Å². The molecular weight excluding hydrogens is 546 g/mol. The van der Waals surface area contributed by atoms with E-state index in [-0.39, 0.29) is 30.2 Å². The SMILES string of the molecule is CC[C@H](C)[C@H](CO)N1C(=O)[C@@H]2[C@@H]3C(=O)N(c4ccccc4)CC=C[C@]3(C)S[C@@]23C=CCN(Cc2ccccc2)C(=O)C13. The van der Waals surface area contributed by atoms with Gasteiger partial charge in [0.1, 0.15) is 6.04 Å². The molecule has 7 nitrogen and oxygen atoms in total. The molecule has 2 saturated heterocycles. The Bertz CT molecular complexity index is 1410. The van der Waals surface area contributed by atoms with Crippen LogP contribution in [0, 0.1) is 17.8 Å². The molecule has 42 heavy (non-hydrogen) atoms. The summed E-state index contributed by atoms with van der Waals surface area (Å²) in [5.41, 5.74) is 1.80. The zero-order chi connectivity index (χ0) is 29.6. The monoisotopic (exact) mass is 585 g/mol. The summed E-state index contributed by atoms with van der Waals surface area (Å²) in [6, 6.07) is 18.1. The number of thioether (sulfide) groups is 1. The highest BCUT2D eigenvalue weighted by Gasteiger charge is 2.74. The molecule has 4 aliphatic rings. The Balaban J connectivity index is 1.48. The van der Waals surface area contributed by atoms with Crippen LogP contribution in [0.25, 0.3) is 0 Å². The van der Waals surface area contributed by atoms with Crippen LogP contribution in [0.15, 0.2) is 85.0 Å². The number of aliphatic hydroxyl groups is 1. The van der Waals surface area contributed by atoms with E-state index >= 15 is 0 Å². The Kier molecular flexibility index (Phi) is 7.56. The van der Waals surface area contributed by atoms with Crippen molar-refractivity contribution < 1.29 is 19.5 Å². The molecule has 8 heteroatoms. The minimum atomic E-state index is -0.945. The second-order valence-electron chi connectivity index (χ2n) is 12.2. The highest BCUT2D eigenvalue weighted by molar-refractivity contribution is 8.02. The lowest BCUT2D eigenvalue weighted by Gasteiger charge is -2.41. The Morgan fingerprint density at radius 3 is 2.24 bits per heavy atom. The fraction of sp³-hybridized carbons (Fsp3) is 0.441. The van der Waals surface area contributed by atoms with Crippen molar-refractivity contribution in [3.05, 3.63) is 90.5 Å². The van der Waals surface area contributed by atoms with Crippen LogP contribution in [0.2, 0.25) is 0 Å². The molecule has 0 saturated carbocycles. The fourth-order valence-electron chi connectivity index (χ4n) is 7.47. The van der Waals surface area contributed by atoms with Gasteiger partial charge in [-0.3, -0.25) is 14.4 Å². The largest absolute Gasteiger partial charge is 0.394 e. The van der Waals surface area contributed by atoms with Crippen molar-refractivity contribution in [3.8, 4) is 0 Å². The number of amides is 3. The molecular formula is C34H39N3O4S. The molecule has 7 atom stereocenters. The lowest BCUT2D eigenvalue weighted by atomic mass is 9.74. The number of carbonyl (C=O) groups excluding carboxylic acids is 3. The summed E-state index contributed by atoms with van der Waals surface area (Å²) in [7, 11) is 0. The minimum Gasteiger partial charge on any atom is -0.394 e. The fourth-order valence-corrected chi connectivity index (χ4v) is 9.61. The van der Waals surface area contributed by atoms with E-state index in [0.29, 0.717) is 19.6 Å². The Morgan fingerprint density at radius 2 is 1.57 bits per heavy atom. The molecule has 2 aromatic carbocycles. The van der Waals surface area contributed by atoms with Gasteiger partial charge in [0.15, 0.2) is 0 Å². The first-order valence-electron chi connectivity index (χ1n) is 14.9. The van der Waals surface area contributed by atoms with Gasteiger partial charge in [-0.05, 0) is 30.5 Å². The lowest BCUT2D eigenvalue weighted by molar-refractivity contribution is -0.147. The molecule has 220 valence electrons. The first kappa shape index (κ1) is 28.7. The molecule has 1 N–H and O–H groups in total. The number of aliphatic hydroxyl groups excluding tert-OH is 1. The molecule has 2 fully saturated rings. The number of hydrogen-bond acceptors (Lipinski definition) is 5. The molecule has 1 spiro atoms. The van der Waals surface area contributed by atoms with Gasteiger partial charge in [-0.2, -0.15) is 0 Å². The van der Waals surface area contributed by atoms with Crippen LogP contribution in [0.4, 0.5) is 5.69 Å². The van der Waals surface area contributed by atoms with E-state index in [2.05, 4.69) is 6.08 Å². The van der Waals surface area contributed by atoms with Gasteiger partial charge in [-0.25, -0.2) is 0 Å². The highest BCUT2D eigenvalue weighted by Crippen LogP contribution is 2.66. The molecule has 2 aromatic rings. The van der Waals surface area contributed by atoms with Crippen molar-refractivity contribution in [2.24, 2.45) is 17.8 Å². The van der Waals surface area contributed by atoms with Gasteiger partial charge in [0.05, 0.1) is 29.2 Å². The second kappa shape index (κ2) is 11.0. The maximum atomic E-state index is 14.8. The summed E-state index contributed by atoms with van der Waals surface area (Å²) in [5.74, 6) is -1.89. The van der Waals surface area contributed by atoms with Crippen molar-refractivity contribution in [2.45, 2.75) is 55.3 Å². The predicted molar refractivity (Wildman–Crippen MR) is 166 cm³/mol. The van der Waals surface area contributed by atoms with E-state index in [1.165, 1.54) is 0 Å². The molecule has 4 heterocycles. The number of rotatable bonds is 7. The van der Waals surface area contributed by atoms with E-state index in [1.807, 2.05) is 105 Å². The number of carbonyl (C=O) groups is 3. The van der Waals surface area contributed by atoms with Gasteiger partial charge in [0.25, 0.3) is 0 Å². The molecule has 0 bridgehead atoms. The quantitative estimate of drug-likeness (QED) is 0.491. The average Bonchev–Trinajstić information content (AvgIpc) is 3.27. The van der Waals surface area contributed by atoms with Crippen LogP contribution in [-0.2, 0) is 20.9 Å². The van der Waals surface area contributed by atoms with E-state index < -0.39 is 33.4 Å². The highest BCUT2D eigenvalue weighted by atomic mass is 32.2. The van der Waals surface area contributed by atoms with E-state index in [9.17, 15) is 19.5 Å². The van der Waals surface area contributed by atoms with Crippen molar-refractivity contribution in [1.82, 2.24) is 9.80 Å². The van der Waals surface area contributed by atoms with Crippen LogP contribution in [0.5, 0.6) is 0 Å². The van der Waals surface area contributed by atoms with Crippen molar-refractivity contribution in [3.63, 3.8) is 0 Å². The average molecular weight is 586 g/mol. The van der Waals surface area contributed by atoms with Crippen molar-refractivity contribution in [2.75, 3.05) is 24.6 Å². The van der Waals surface area contributed by atoms with E-state index in [1.54, 1.807) is 21.6 Å². The Labute approximate surface area is 252 Å². The van der Waals surface area contributed by atoms with Gasteiger partial charge in [-0.1, -0.05) is 93.1 Å². The summed E-state index contributed by atoms with van der Waals surface area (Å²) in [5, 5.41) is 10.7. The molecule has 0 aliphatic carbocycles. The van der Waals surface area contributed by atoms with Gasteiger partial charge in [0.2, 0.25) is 17.7 Å². The first-order valence-corrected chi connectivity index (χ1v) is 15.7. The molecule has 1 unspecified atom stereocenters. The number of fused-ring (bicyclic) bond motifs is 2. The van der Waals surface area contributed by atoms with Crippen LogP contribution in [0.1, 0.15) is 32.8 Å². The maximum absolute atomic E-state index is 14.8. The van der Waals surface area contributed by atoms with Crippen molar-refractivity contribution in [1.29, 1.82) is 0 Å². The third kappa shape index (κ3) is 4.42. The molecule has 6 rings (SSSR count). The maximum Gasteiger partial charge on any atom is 0.247 e. The number of likely N-dealkylation sites (tertiary alicyclic amines) is 1. The molecule has 3 amide bonds. The zero-order valence-corrected chi connectivity index (χ0v) is 25.2. The summed E-state index contributed by atoms with van der Waals surface area (Å²) >= 11 is 1.58. The summed E-state index contributed by atoms with van der Waals surface area (Å²) in [6.07, 6.45) is 8.90. The number of para-hydroxylation sites is 1. The first-order chi connectivity index (χ1) is 20.3. The molecule has 4 aliphatic heterocycles. The second-order valence-corrected chi connectivity index (χ2v) is 14.0. The smallest absolute Gasteiger partial charge is 0.247 e. The minimum absolute atomic E-state index is 0.0284. The molecule has 0 aromatic heterocycles. The van der Waals surface area contributed by atoms with Gasteiger partial charge in [-0.15, -0.1) is 11.8 Å². The topological polar surface area (TPSA) is 81.2 Å². The Morgan fingerprint density at radius 1 is 0.905 bits per heavy atom. The normalized spacial score (nSPS) is 31.9. The number of nitrogens with zero attached hydrogens (tertiary/aromatic N) is 3. The molecule has 0 radical (unpaired) electrons. The lowest BCUT2D eigenvalue weighted by Crippen LogP contribution is -2.58. The standard InChI is InChI=1S/C34H39N3O4S/c1-4-23(2)26(22-38)37-29-32(41)35(21-24-13-7-5-8-14-24)19-12-18-34(29)28(31(37)40)27-30(39)36(25-15-9-6-10-16-25)20-11-17-33(27,3)42-34/h5-18,23,26-29,38H,4,19-22H2,1-3H3/t23-,26-,27+,28-,29?,33-,34-/m0/s1. The Hall–Kier alpha value is -3.36. The van der Waals surface area contributed by atoms with Crippen LogP contribution >= 0.6 is 11.8 Å². The van der Waals surface area contributed by atoms with Gasteiger partial charge in [0, 0.05) is 30.1 Å². The van der Waals surface area contributed by atoms with E-state index in [4.69, 9.17) is 0 Å². The summed E-state index contributed by atoms with van der Waals surface area (Å²) in [4.78, 5) is 49.3. The predicted octanol–water partition coefficient (Wildman–Crippen LogP) is 4.28. The third-order valence-corrected chi connectivity index (χ3v) is 11.5. The van der Waals surface area contributed by atoms with Gasteiger partial charge >= 0.3 is 0 Å². The van der Waals surface area contributed by atoms with Crippen molar-refractivity contribution >= 4 is 35.2 Å². The number of hydrogen-bond donors (Lipinski definition) is 1. The van der Waals surface area contributed by atoms with Crippen LogP contribution in [0.3, 0.4) is 0 Å². The summed E-state index contributed by atoms with van der Waals surface area (Å²) < 4.78 is -1.63. The third-order valence-electron chi connectivity index (χ3n) is 9.71. The zero-order valence-electron chi connectivity index (χ0n) is 24.4.